The number of aryl methyl sites for hydroxylation is 1. The van der Waals surface area contributed by atoms with Gasteiger partial charge in [-0.1, -0.05) is 25.1 Å². The van der Waals surface area contributed by atoms with E-state index >= 15 is 0 Å². The molecule has 0 aliphatic heterocycles. The largest absolute Gasteiger partial charge is 0.397 e. The monoisotopic (exact) mass is 231 g/mol. The molecular weight excluding hydrogens is 210 g/mol. The van der Waals surface area contributed by atoms with Gasteiger partial charge in [0.1, 0.15) is 0 Å². The van der Waals surface area contributed by atoms with Crippen molar-refractivity contribution in [1.82, 2.24) is 0 Å². The number of nitrogens with two attached hydrogens (primary N) is 2. The Hall–Kier alpha value is -1.74. The topological polar surface area (TPSA) is 55.3 Å². The zero-order valence-corrected chi connectivity index (χ0v) is 10.8. The Morgan fingerprint density at radius 2 is 2.12 bits per heavy atom. The van der Waals surface area contributed by atoms with Gasteiger partial charge in [0.25, 0.3) is 0 Å². The molecular formula is C14H21N3. The third kappa shape index (κ3) is 3.36. The van der Waals surface area contributed by atoms with E-state index in [0.717, 1.165) is 23.4 Å². The Kier molecular flexibility index (Phi) is 4.79. The fourth-order valence-electron chi connectivity index (χ4n) is 1.59. The fourth-order valence-corrected chi connectivity index (χ4v) is 1.59. The van der Waals surface area contributed by atoms with Gasteiger partial charge in [-0.2, -0.15) is 0 Å². The van der Waals surface area contributed by atoms with Crippen LogP contribution in [-0.2, 0) is 0 Å². The van der Waals surface area contributed by atoms with E-state index in [1.54, 1.807) is 5.01 Å². The number of hydrogen-bond acceptors (Lipinski definition) is 3. The van der Waals surface area contributed by atoms with Crippen molar-refractivity contribution in [3.63, 3.8) is 0 Å². The SMILES string of the molecule is C/C=C\C=C(/CC)N(N)c1cc(C)ccc1N. The highest BCUT2D eigenvalue weighted by atomic mass is 15.4. The summed E-state index contributed by atoms with van der Waals surface area (Å²) in [6.07, 6.45) is 6.81. The van der Waals surface area contributed by atoms with E-state index in [2.05, 4.69) is 6.92 Å². The lowest BCUT2D eigenvalue weighted by Crippen LogP contribution is -2.30. The number of rotatable bonds is 4. The van der Waals surface area contributed by atoms with Crippen LogP contribution >= 0.6 is 0 Å². The second kappa shape index (κ2) is 6.11. The summed E-state index contributed by atoms with van der Waals surface area (Å²) in [6, 6.07) is 5.86. The van der Waals surface area contributed by atoms with Crippen LogP contribution < -0.4 is 16.6 Å². The molecule has 4 N–H and O–H groups in total. The van der Waals surface area contributed by atoms with E-state index in [0.29, 0.717) is 5.69 Å². The van der Waals surface area contributed by atoms with Crippen molar-refractivity contribution in [3.05, 3.63) is 47.7 Å². The fraction of sp³-hybridized carbons (Fsp3) is 0.286. The Morgan fingerprint density at radius 3 is 2.71 bits per heavy atom. The lowest BCUT2D eigenvalue weighted by atomic mass is 10.1. The average molecular weight is 231 g/mol. The van der Waals surface area contributed by atoms with E-state index in [1.165, 1.54) is 0 Å². The van der Waals surface area contributed by atoms with Crippen molar-refractivity contribution in [2.45, 2.75) is 27.2 Å². The Balaban J connectivity index is 3.09. The minimum atomic E-state index is 0.693. The van der Waals surface area contributed by atoms with Crippen molar-refractivity contribution < 1.29 is 0 Å². The van der Waals surface area contributed by atoms with Gasteiger partial charge in [-0.25, -0.2) is 5.84 Å². The highest BCUT2D eigenvalue weighted by Crippen LogP contribution is 2.25. The molecule has 0 bridgehead atoms. The molecule has 0 saturated heterocycles. The molecule has 0 atom stereocenters. The maximum atomic E-state index is 6.11. The molecule has 0 saturated carbocycles. The number of nitrogens with zero attached hydrogens (tertiary/aromatic N) is 1. The van der Waals surface area contributed by atoms with Crippen LogP contribution in [0.25, 0.3) is 0 Å². The number of nitrogen functional groups attached to an aromatic ring is 1. The van der Waals surface area contributed by atoms with Gasteiger partial charge in [0.05, 0.1) is 11.4 Å². The van der Waals surface area contributed by atoms with E-state index in [-0.39, 0.29) is 0 Å². The molecule has 0 aliphatic rings. The highest BCUT2D eigenvalue weighted by molar-refractivity contribution is 5.70. The standard InChI is InChI=1S/C14H21N3/c1-4-6-7-12(5-2)17(16)14-10-11(3)8-9-13(14)15/h4,6-10H,5,15-16H2,1-3H3/b6-4-,12-7+. The third-order valence-corrected chi connectivity index (χ3v) is 2.60. The summed E-state index contributed by atoms with van der Waals surface area (Å²) in [5.74, 6) is 6.11. The molecule has 92 valence electrons. The van der Waals surface area contributed by atoms with Gasteiger partial charge in [-0.15, -0.1) is 0 Å². The van der Waals surface area contributed by atoms with Crippen LogP contribution in [0.5, 0.6) is 0 Å². The predicted octanol–water partition coefficient (Wildman–Crippen LogP) is 3.13. The molecule has 3 nitrogen and oxygen atoms in total. The zero-order chi connectivity index (χ0) is 12.8. The Morgan fingerprint density at radius 1 is 1.41 bits per heavy atom. The molecule has 0 heterocycles. The maximum absolute atomic E-state index is 6.11. The molecule has 0 aliphatic carbocycles. The van der Waals surface area contributed by atoms with E-state index < -0.39 is 0 Å². The second-order valence-electron chi connectivity index (χ2n) is 3.97. The molecule has 1 aromatic carbocycles. The molecule has 0 fully saturated rings. The van der Waals surface area contributed by atoms with Gasteiger partial charge < -0.3 is 5.73 Å². The molecule has 0 aromatic heterocycles. The summed E-state index contributed by atoms with van der Waals surface area (Å²) in [5, 5.41) is 1.66. The Labute approximate surface area is 103 Å². The predicted molar refractivity (Wildman–Crippen MR) is 75.4 cm³/mol. The van der Waals surface area contributed by atoms with Crippen LogP contribution in [0.1, 0.15) is 25.8 Å². The summed E-state index contributed by atoms with van der Waals surface area (Å²) in [6.45, 7) is 6.07. The summed E-state index contributed by atoms with van der Waals surface area (Å²) in [5.41, 5.74) is 9.66. The number of hydrazine groups is 1. The van der Waals surface area contributed by atoms with Crippen LogP contribution in [0, 0.1) is 6.92 Å². The van der Waals surface area contributed by atoms with Gasteiger partial charge in [0, 0.05) is 5.70 Å². The first-order valence-corrected chi connectivity index (χ1v) is 5.83. The quantitative estimate of drug-likeness (QED) is 0.362. The van der Waals surface area contributed by atoms with Crippen molar-refractivity contribution in [1.29, 1.82) is 0 Å². The van der Waals surface area contributed by atoms with E-state index in [4.69, 9.17) is 11.6 Å². The molecule has 1 rings (SSSR count). The van der Waals surface area contributed by atoms with Gasteiger partial charge in [-0.05, 0) is 44.0 Å². The average Bonchev–Trinajstić information content (AvgIpc) is 2.33. The minimum absolute atomic E-state index is 0.693. The number of anilines is 2. The lowest BCUT2D eigenvalue weighted by Gasteiger charge is -2.23. The molecule has 0 radical (unpaired) electrons. The van der Waals surface area contributed by atoms with E-state index in [9.17, 15) is 0 Å². The van der Waals surface area contributed by atoms with E-state index in [1.807, 2.05) is 50.3 Å². The molecule has 0 amide bonds. The van der Waals surface area contributed by atoms with Crippen molar-refractivity contribution in [3.8, 4) is 0 Å². The third-order valence-electron chi connectivity index (χ3n) is 2.60. The summed E-state index contributed by atoms with van der Waals surface area (Å²) in [7, 11) is 0. The molecule has 0 spiro atoms. The molecule has 3 heteroatoms. The first-order chi connectivity index (χ1) is 8.10. The van der Waals surface area contributed by atoms with Crippen LogP contribution in [0.15, 0.2) is 42.1 Å². The second-order valence-corrected chi connectivity index (χ2v) is 3.97. The summed E-state index contributed by atoms with van der Waals surface area (Å²) < 4.78 is 0. The lowest BCUT2D eigenvalue weighted by molar-refractivity contribution is 0.919. The van der Waals surface area contributed by atoms with Gasteiger partial charge in [-0.3, -0.25) is 5.01 Å². The van der Waals surface area contributed by atoms with Crippen LogP contribution in [0.2, 0.25) is 0 Å². The smallest absolute Gasteiger partial charge is 0.0803 e. The van der Waals surface area contributed by atoms with Crippen molar-refractivity contribution in [2.75, 3.05) is 10.7 Å². The van der Waals surface area contributed by atoms with Crippen LogP contribution in [-0.4, -0.2) is 0 Å². The molecule has 1 aromatic rings. The van der Waals surface area contributed by atoms with Crippen LogP contribution in [0.3, 0.4) is 0 Å². The van der Waals surface area contributed by atoms with Crippen molar-refractivity contribution in [2.24, 2.45) is 5.84 Å². The normalized spacial score (nSPS) is 12.1. The summed E-state index contributed by atoms with van der Waals surface area (Å²) in [4.78, 5) is 0. The zero-order valence-electron chi connectivity index (χ0n) is 10.8. The first-order valence-electron chi connectivity index (χ1n) is 5.83. The number of benzene rings is 1. The van der Waals surface area contributed by atoms with Crippen LogP contribution in [0.4, 0.5) is 11.4 Å². The number of allylic oxidation sites excluding steroid dienone is 4. The number of hydrogen-bond donors (Lipinski definition) is 2. The maximum Gasteiger partial charge on any atom is 0.0803 e. The summed E-state index contributed by atoms with van der Waals surface area (Å²) >= 11 is 0. The minimum Gasteiger partial charge on any atom is -0.397 e. The highest BCUT2D eigenvalue weighted by Gasteiger charge is 2.09. The van der Waals surface area contributed by atoms with Gasteiger partial charge >= 0.3 is 0 Å². The van der Waals surface area contributed by atoms with Gasteiger partial charge in [0.15, 0.2) is 0 Å². The first kappa shape index (κ1) is 13.3. The molecule has 0 unspecified atom stereocenters. The Bertz CT molecular complexity index is 433. The molecule has 17 heavy (non-hydrogen) atoms. The van der Waals surface area contributed by atoms with Crippen molar-refractivity contribution >= 4 is 11.4 Å². The van der Waals surface area contributed by atoms with Gasteiger partial charge in [0.2, 0.25) is 0 Å².